The number of piperidine rings is 1. The molecule has 1 aliphatic heterocycles. The number of H-pyrrole nitrogens is 1. The van der Waals surface area contributed by atoms with E-state index in [1.54, 1.807) is 18.5 Å². The van der Waals surface area contributed by atoms with E-state index in [9.17, 15) is 14.3 Å². The number of hydrogen-bond acceptors (Lipinski definition) is 4. The number of aromatic amines is 1. The van der Waals surface area contributed by atoms with Crippen LogP contribution < -0.4 is 0 Å². The van der Waals surface area contributed by atoms with Gasteiger partial charge in [0.05, 0.1) is 18.7 Å². The number of aromatic nitrogens is 3. The molecule has 27 heavy (non-hydrogen) atoms. The summed E-state index contributed by atoms with van der Waals surface area (Å²) in [5.41, 5.74) is 0.484. The zero-order valence-electron chi connectivity index (χ0n) is 15.3. The lowest BCUT2D eigenvalue weighted by molar-refractivity contribution is -0.0331. The molecule has 2 N–H and O–H groups in total. The van der Waals surface area contributed by atoms with Gasteiger partial charge in [-0.05, 0) is 38.0 Å². The first-order chi connectivity index (χ1) is 12.9. The average molecular weight is 370 g/mol. The van der Waals surface area contributed by atoms with Crippen LogP contribution in [0.15, 0.2) is 36.8 Å². The minimum absolute atomic E-state index is 0.0391. The molecule has 0 unspecified atom stereocenters. The molecule has 3 aromatic rings. The first-order valence-electron chi connectivity index (χ1n) is 9.16. The molecule has 142 valence electrons. The summed E-state index contributed by atoms with van der Waals surface area (Å²) < 4.78 is 15.5. The zero-order chi connectivity index (χ0) is 19.0. The summed E-state index contributed by atoms with van der Waals surface area (Å²) in [6.07, 6.45) is 6.45. The number of benzene rings is 1. The average Bonchev–Trinajstić information content (AvgIpc) is 3.23. The smallest absolute Gasteiger partial charge is 0.178 e. The number of rotatable bonds is 5. The van der Waals surface area contributed by atoms with Gasteiger partial charge in [0, 0.05) is 48.1 Å². The van der Waals surface area contributed by atoms with E-state index in [0.717, 1.165) is 11.3 Å². The molecule has 1 aromatic carbocycles. The maximum absolute atomic E-state index is 13.5. The molecule has 6 nitrogen and oxygen atoms in total. The maximum Gasteiger partial charge on any atom is 0.178 e. The van der Waals surface area contributed by atoms with E-state index in [2.05, 4.69) is 14.9 Å². The molecule has 0 aliphatic carbocycles. The van der Waals surface area contributed by atoms with Crippen LogP contribution in [0.5, 0.6) is 0 Å². The Kier molecular flexibility index (Phi) is 4.57. The van der Waals surface area contributed by atoms with Crippen molar-refractivity contribution in [3.63, 3.8) is 0 Å². The number of carbonyl (C=O) groups is 1. The van der Waals surface area contributed by atoms with Gasteiger partial charge in [0.1, 0.15) is 11.6 Å². The summed E-state index contributed by atoms with van der Waals surface area (Å²) in [6.45, 7) is 3.99. The molecule has 7 heteroatoms. The van der Waals surface area contributed by atoms with Gasteiger partial charge in [0.2, 0.25) is 0 Å². The van der Waals surface area contributed by atoms with E-state index in [-0.39, 0.29) is 18.1 Å². The van der Waals surface area contributed by atoms with Crippen molar-refractivity contribution in [2.75, 3.05) is 19.6 Å². The van der Waals surface area contributed by atoms with Crippen molar-refractivity contribution >= 4 is 16.7 Å². The van der Waals surface area contributed by atoms with E-state index in [0.29, 0.717) is 43.4 Å². The molecule has 0 radical (unpaired) electrons. The van der Waals surface area contributed by atoms with Gasteiger partial charge in [-0.3, -0.25) is 9.69 Å². The van der Waals surface area contributed by atoms with Crippen molar-refractivity contribution in [3.05, 3.63) is 54.0 Å². The minimum Gasteiger partial charge on any atom is -0.388 e. The van der Waals surface area contributed by atoms with Crippen molar-refractivity contribution in [1.82, 2.24) is 19.4 Å². The molecule has 1 aliphatic rings. The van der Waals surface area contributed by atoms with Crippen LogP contribution in [0, 0.1) is 12.7 Å². The Morgan fingerprint density at radius 3 is 2.85 bits per heavy atom. The fourth-order valence-corrected chi connectivity index (χ4v) is 3.79. The van der Waals surface area contributed by atoms with Gasteiger partial charge in [0.15, 0.2) is 5.78 Å². The van der Waals surface area contributed by atoms with Gasteiger partial charge in [-0.2, -0.15) is 0 Å². The van der Waals surface area contributed by atoms with Gasteiger partial charge in [-0.25, -0.2) is 9.37 Å². The third-order valence-electron chi connectivity index (χ3n) is 5.49. The monoisotopic (exact) mass is 370 g/mol. The second kappa shape index (κ2) is 6.90. The summed E-state index contributed by atoms with van der Waals surface area (Å²) in [5, 5.41) is 11.5. The van der Waals surface area contributed by atoms with Crippen molar-refractivity contribution in [3.8, 4) is 0 Å². The number of halogens is 1. The Hall–Kier alpha value is -2.51. The molecule has 4 rings (SSSR count). The molecule has 1 fully saturated rings. The van der Waals surface area contributed by atoms with Crippen LogP contribution >= 0.6 is 0 Å². The molecule has 0 bridgehead atoms. The second-order valence-electron chi connectivity index (χ2n) is 7.42. The lowest BCUT2D eigenvalue weighted by Crippen LogP contribution is -2.48. The summed E-state index contributed by atoms with van der Waals surface area (Å²) >= 11 is 0. The first kappa shape index (κ1) is 17.9. The van der Waals surface area contributed by atoms with E-state index in [4.69, 9.17) is 0 Å². The molecule has 3 heterocycles. The molecule has 0 spiro atoms. The molecular weight excluding hydrogens is 347 g/mol. The van der Waals surface area contributed by atoms with Gasteiger partial charge in [-0.1, -0.05) is 0 Å². The SMILES string of the molecule is Cc1nccn1CC1(O)CCN(CC(=O)c2c[nH]c3ccc(F)cc23)CC1. The quantitative estimate of drug-likeness (QED) is 0.677. The molecule has 1 saturated heterocycles. The van der Waals surface area contributed by atoms with Crippen LogP contribution in [-0.4, -0.2) is 55.6 Å². The largest absolute Gasteiger partial charge is 0.388 e. The standard InChI is InChI=1S/C20H23FN4O2/c1-14-22-6-9-25(14)13-20(27)4-7-24(8-5-20)12-19(26)17-11-23-18-3-2-15(21)10-16(17)18/h2-3,6,9-11,23,27H,4-5,7-8,12-13H2,1H3. The number of ketones is 1. The fraction of sp³-hybridized carbons (Fsp3) is 0.400. The molecule has 0 amide bonds. The van der Waals surface area contributed by atoms with E-state index >= 15 is 0 Å². The van der Waals surface area contributed by atoms with Crippen molar-refractivity contribution in [2.45, 2.75) is 31.9 Å². The second-order valence-corrected chi connectivity index (χ2v) is 7.42. The number of carbonyl (C=O) groups excluding carboxylic acids is 1. The van der Waals surface area contributed by atoms with Crippen LogP contribution in [0.1, 0.15) is 29.0 Å². The molecule has 0 saturated carbocycles. The topological polar surface area (TPSA) is 74.2 Å². The van der Waals surface area contributed by atoms with Crippen molar-refractivity contribution in [1.29, 1.82) is 0 Å². The van der Waals surface area contributed by atoms with E-state index < -0.39 is 5.60 Å². The number of nitrogens with zero attached hydrogens (tertiary/aromatic N) is 3. The number of imidazole rings is 1. The Morgan fingerprint density at radius 1 is 1.37 bits per heavy atom. The van der Waals surface area contributed by atoms with Crippen LogP contribution in [0.4, 0.5) is 4.39 Å². The summed E-state index contributed by atoms with van der Waals surface area (Å²) in [4.78, 5) is 22.0. The summed E-state index contributed by atoms with van der Waals surface area (Å²) in [5.74, 6) is 0.490. The number of nitrogens with one attached hydrogen (secondary N) is 1. The normalized spacial score (nSPS) is 17.4. The Balaban J connectivity index is 1.39. The van der Waals surface area contributed by atoms with Crippen molar-refractivity contribution < 1.29 is 14.3 Å². The maximum atomic E-state index is 13.5. The highest BCUT2D eigenvalue weighted by molar-refractivity contribution is 6.08. The number of aryl methyl sites for hydroxylation is 1. The van der Waals surface area contributed by atoms with Crippen LogP contribution in [-0.2, 0) is 6.54 Å². The number of fused-ring (bicyclic) bond motifs is 1. The Labute approximate surface area is 156 Å². The van der Waals surface area contributed by atoms with Crippen LogP contribution in [0.3, 0.4) is 0 Å². The van der Waals surface area contributed by atoms with Crippen molar-refractivity contribution in [2.24, 2.45) is 0 Å². The lowest BCUT2D eigenvalue weighted by atomic mass is 9.91. The molecular formula is C20H23FN4O2. The highest BCUT2D eigenvalue weighted by Crippen LogP contribution is 2.26. The molecule has 0 atom stereocenters. The predicted octanol–water partition coefficient (Wildman–Crippen LogP) is 2.52. The number of Topliss-reactive ketones (excluding diaryl/α,β-unsaturated/α-hetero) is 1. The van der Waals surface area contributed by atoms with Crippen LogP contribution in [0.25, 0.3) is 10.9 Å². The third kappa shape index (κ3) is 3.65. The first-order valence-corrected chi connectivity index (χ1v) is 9.16. The molecule has 2 aromatic heterocycles. The predicted molar refractivity (Wildman–Crippen MR) is 100 cm³/mol. The highest BCUT2D eigenvalue weighted by atomic mass is 19.1. The van der Waals surface area contributed by atoms with E-state index in [1.807, 2.05) is 17.7 Å². The Morgan fingerprint density at radius 2 is 2.15 bits per heavy atom. The minimum atomic E-state index is -0.783. The Bertz CT molecular complexity index is 969. The summed E-state index contributed by atoms with van der Waals surface area (Å²) in [6, 6.07) is 4.41. The van der Waals surface area contributed by atoms with Gasteiger partial charge in [-0.15, -0.1) is 0 Å². The van der Waals surface area contributed by atoms with Gasteiger partial charge >= 0.3 is 0 Å². The number of hydrogen-bond donors (Lipinski definition) is 2. The van der Waals surface area contributed by atoms with E-state index in [1.165, 1.54) is 12.1 Å². The van der Waals surface area contributed by atoms with Gasteiger partial charge < -0.3 is 14.7 Å². The summed E-state index contributed by atoms with van der Waals surface area (Å²) in [7, 11) is 0. The fourth-order valence-electron chi connectivity index (χ4n) is 3.79. The number of likely N-dealkylation sites (tertiary alicyclic amines) is 1. The highest BCUT2D eigenvalue weighted by Gasteiger charge is 2.33. The number of aliphatic hydroxyl groups is 1. The zero-order valence-corrected chi connectivity index (χ0v) is 15.3. The third-order valence-corrected chi connectivity index (χ3v) is 5.49. The van der Waals surface area contributed by atoms with Crippen LogP contribution in [0.2, 0.25) is 0 Å². The van der Waals surface area contributed by atoms with Gasteiger partial charge in [0.25, 0.3) is 0 Å². The lowest BCUT2D eigenvalue weighted by Gasteiger charge is -2.38.